The highest BCUT2D eigenvalue weighted by Gasteiger charge is 2.10. The fourth-order valence-electron chi connectivity index (χ4n) is 2.00. The molecule has 1 amide bonds. The van der Waals surface area contributed by atoms with Gasteiger partial charge in [-0.2, -0.15) is 0 Å². The number of anilines is 1. The number of hydrogen-bond donors (Lipinski definition) is 1. The Bertz CT molecular complexity index is 665. The summed E-state index contributed by atoms with van der Waals surface area (Å²) >= 11 is 0. The second kappa shape index (κ2) is 6.70. The maximum atomic E-state index is 11.9. The Morgan fingerprint density at radius 2 is 1.81 bits per heavy atom. The van der Waals surface area contributed by atoms with Crippen molar-refractivity contribution in [3.8, 4) is 5.75 Å². The average molecular weight is 283 g/mol. The number of rotatable bonds is 5. The summed E-state index contributed by atoms with van der Waals surface area (Å²) in [6.45, 7) is 3.61. The van der Waals surface area contributed by atoms with Gasteiger partial charge in [0, 0.05) is 5.69 Å². The van der Waals surface area contributed by atoms with Gasteiger partial charge in [0.05, 0.1) is 5.56 Å². The number of nitrogens with one attached hydrogen (secondary N) is 1. The highest BCUT2D eigenvalue weighted by molar-refractivity contribution is 5.92. The zero-order chi connectivity index (χ0) is 15.2. The first-order valence-electron chi connectivity index (χ1n) is 6.65. The first kappa shape index (κ1) is 14.8. The smallest absolute Gasteiger partial charge is 0.262 e. The number of ether oxygens (including phenoxy) is 1. The molecule has 0 saturated heterocycles. The third kappa shape index (κ3) is 3.69. The molecule has 0 aliphatic carbocycles. The van der Waals surface area contributed by atoms with Crippen molar-refractivity contribution < 1.29 is 14.3 Å². The molecule has 2 rings (SSSR count). The fourth-order valence-corrected chi connectivity index (χ4v) is 2.00. The Morgan fingerprint density at radius 1 is 1.10 bits per heavy atom. The van der Waals surface area contributed by atoms with Gasteiger partial charge in [0.2, 0.25) is 0 Å². The second-order valence-corrected chi connectivity index (χ2v) is 4.76. The Hall–Kier alpha value is -2.62. The van der Waals surface area contributed by atoms with Gasteiger partial charge in [-0.15, -0.1) is 0 Å². The van der Waals surface area contributed by atoms with Crippen LogP contribution in [0.2, 0.25) is 0 Å². The summed E-state index contributed by atoms with van der Waals surface area (Å²) in [6, 6.07) is 12.8. The molecule has 0 spiro atoms. The molecule has 1 N–H and O–H groups in total. The Balaban J connectivity index is 2.02. The van der Waals surface area contributed by atoms with Crippen molar-refractivity contribution in [1.82, 2.24) is 0 Å². The van der Waals surface area contributed by atoms with Crippen LogP contribution in [0, 0.1) is 13.8 Å². The van der Waals surface area contributed by atoms with Crippen LogP contribution in [0.4, 0.5) is 5.69 Å². The Morgan fingerprint density at radius 3 is 2.52 bits per heavy atom. The van der Waals surface area contributed by atoms with Crippen LogP contribution in [0.1, 0.15) is 21.5 Å². The lowest BCUT2D eigenvalue weighted by molar-refractivity contribution is -0.118. The Labute approximate surface area is 123 Å². The number of carbonyl (C=O) groups excluding carboxylic acids is 2. The minimum atomic E-state index is -0.260. The summed E-state index contributed by atoms with van der Waals surface area (Å²) in [6.07, 6.45) is 0.724. The van der Waals surface area contributed by atoms with Gasteiger partial charge in [0.25, 0.3) is 5.91 Å². The molecule has 108 valence electrons. The van der Waals surface area contributed by atoms with Crippen LogP contribution in [0.5, 0.6) is 5.75 Å². The largest absolute Gasteiger partial charge is 0.483 e. The first-order valence-corrected chi connectivity index (χ1v) is 6.65. The number of benzene rings is 2. The van der Waals surface area contributed by atoms with Gasteiger partial charge >= 0.3 is 0 Å². The third-order valence-electron chi connectivity index (χ3n) is 3.14. The predicted octanol–water partition coefficient (Wildman–Crippen LogP) is 3.13. The summed E-state index contributed by atoms with van der Waals surface area (Å²) in [7, 11) is 0. The summed E-state index contributed by atoms with van der Waals surface area (Å²) < 4.78 is 5.49. The van der Waals surface area contributed by atoms with Crippen LogP contribution >= 0.6 is 0 Å². The lowest BCUT2D eigenvalue weighted by atomic mass is 10.1. The lowest BCUT2D eigenvalue weighted by Crippen LogP contribution is -2.21. The highest BCUT2D eigenvalue weighted by atomic mass is 16.5. The van der Waals surface area contributed by atoms with Gasteiger partial charge in [-0.3, -0.25) is 9.59 Å². The summed E-state index contributed by atoms with van der Waals surface area (Å²) in [5.41, 5.74) is 3.00. The minimum absolute atomic E-state index is 0.139. The van der Waals surface area contributed by atoms with E-state index in [2.05, 4.69) is 5.32 Å². The quantitative estimate of drug-likeness (QED) is 0.858. The molecular weight excluding hydrogens is 266 g/mol. The van der Waals surface area contributed by atoms with Gasteiger partial charge in [-0.25, -0.2) is 0 Å². The molecule has 0 aliphatic heterocycles. The summed E-state index contributed by atoms with van der Waals surface area (Å²) in [5.74, 6) is 0.192. The van der Waals surface area contributed by atoms with Gasteiger partial charge in [0.1, 0.15) is 5.75 Å². The van der Waals surface area contributed by atoms with Crippen molar-refractivity contribution in [3.05, 3.63) is 59.2 Å². The zero-order valence-electron chi connectivity index (χ0n) is 12.1. The molecule has 4 heteroatoms. The zero-order valence-corrected chi connectivity index (χ0v) is 12.1. The van der Waals surface area contributed by atoms with Gasteiger partial charge in [-0.1, -0.05) is 30.3 Å². The number of hydrogen-bond acceptors (Lipinski definition) is 3. The van der Waals surface area contributed by atoms with Crippen LogP contribution in [0.15, 0.2) is 42.5 Å². The standard InChI is InChI=1S/C17H17NO3/c1-12-6-3-4-9-15(12)18-16(20)11-21-17-13(2)7-5-8-14(17)10-19/h3-10H,11H2,1-2H3,(H,18,20). The molecule has 2 aromatic rings. The van der Waals surface area contributed by atoms with E-state index in [1.54, 1.807) is 12.1 Å². The molecular formula is C17H17NO3. The van der Waals surface area contributed by atoms with Crippen molar-refractivity contribution in [2.45, 2.75) is 13.8 Å². The predicted molar refractivity (Wildman–Crippen MR) is 81.9 cm³/mol. The Kier molecular flexibility index (Phi) is 4.72. The molecule has 21 heavy (non-hydrogen) atoms. The maximum absolute atomic E-state index is 11.9. The molecule has 0 radical (unpaired) electrons. The fraction of sp³-hybridized carbons (Fsp3) is 0.176. The molecule has 0 aromatic heterocycles. The molecule has 0 fully saturated rings. The minimum Gasteiger partial charge on any atom is -0.483 e. The normalized spacial score (nSPS) is 10.0. The van der Waals surface area contributed by atoms with Crippen molar-refractivity contribution in [2.75, 3.05) is 11.9 Å². The van der Waals surface area contributed by atoms with E-state index in [9.17, 15) is 9.59 Å². The summed E-state index contributed by atoms with van der Waals surface area (Å²) in [5, 5.41) is 2.79. The van der Waals surface area contributed by atoms with Crippen molar-refractivity contribution in [1.29, 1.82) is 0 Å². The SMILES string of the molecule is Cc1ccccc1NC(=O)COc1c(C)cccc1C=O. The third-order valence-corrected chi connectivity index (χ3v) is 3.14. The van der Waals surface area contributed by atoms with E-state index in [1.807, 2.05) is 44.2 Å². The molecule has 0 bridgehead atoms. The van der Waals surface area contributed by atoms with Gasteiger partial charge in [-0.05, 0) is 37.1 Å². The lowest BCUT2D eigenvalue weighted by Gasteiger charge is -2.12. The molecule has 0 atom stereocenters. The molecule has 4 nitrogen and oxygen atoms in total. The van der Waals surface area contributed by atoms with Gasteiger partial charge in [0.15, 0.2) is 12.9 Å². The topological polar surface area (TPSA) is 55.4 Å². The number of amides is 1. The highest BCUT2D eigenvalue weighted by Crippen LogP contribution is 2.22. The summed E-state index contributed by atoms with van der Waals surface area (Å²) in [4.78, 5) is 22.9. The molecule has 2 aromatic carbocycles. The van der Waals surface area contributed by atoms with E-state index in [0.717, 1.165) is 23.1 Å². The number of aldehydes is 1. The van der Waals surface area contributed by atoms with Gasteiger partial charge < -0.3 is 10.1 Å². The van der Waals surface area contributed by atoms with E-state index < -0.39 is 0 Å². The van der Waals surface area contributed by atoms with E-state index in [4.69, 9.17) is 4.74 Å². The van der Waals surface area contributed by atoms with E-state index in [-0.39, 0.29) is 12.5 Å². The first-order chi connectivity index (χ1) is 10.1. The molecule has 0 saturated carbocycles. The van der Waals surface area contributed by atoms with E-state index in [0.29, 0.717) is 11.3 Å². The number of para-hydroxylation sites is 2. The second-order valence-electron chi connectivity index (χ2n) is 4.76. The maximum Gasteiger partial charge on any atom is 0.262 e. The molecule has 0 heterocycles. The number of carbonyl (C=O) groups is 2. The van der Waals surface area contributed by atoms with Crippen LogP contribution < -0.4 is 10.1 Å². The van der Waals surface area contributed by atoms with E-state index in [1.165, 1.54) is 0 Å². The van der Waals surface area contributed by atoms with Crippen molar-refractivity contribution in [2.24, 2.45) is 0 Å². The van der Waals surface area contributed by atoms with Crippen molar-refractivity contribution in [3.63, 3.8) is 0 Å². The molecule has 0 aliphatic rings. The monoisotopic (exact) mass is 283 g/mol. The average Bonchev–Trinajstić information content (AvgIpc) is 2.48. The number of aryl methyl sites for hydroxylation is 2. The van der Waals surface area contributed by atoms with Crippen LogP contribution in [-0.2, 0) is 4.79 Å². The molecule has 0 unspecified atom stereocenters. The van der Waals surface area contributed by atoms with Crippen LogP contribution in [-0.4, -0.2) is 18.8 Å². The van der Waals surface area contributed by atoms with Crippen molar-refractivity contribution >= 4 is 17.9 Å². The van der Waals surface area contributed by atoms with Crippen LogP contribution in [0.25, 0.3) is 0 Å². The van der Waals surface area contributed by atoms with Crippen LogP contribution in [0.3, 0.4) is 0 Å². The van der Waals surface area contributed by atoms with E-state index >= 15 is 0 Å².